The van der Waals surface area contributed by atoms with Gasteiger partial charge >= 0.3 is 5.97 Å². The van der Waals surface area contributed by atoms with Crippen LogP contribution in [0.4, 0.5) is 11.4 Å². The standard InChI is InChI=1S/C28H28N4O6/c1-31-15-18(11-23(31)28(35)37-3)17-6-8-19(9-7-17)30-26(33)16-38-25-13-22-21(12-24(25)36-2)27(34)32-10-4-5-20(32)14-29-22/h6-9,11-15,20H,4-5,10,16H2,1-3H3,(H,30,33)/t20-/m0/s1. The van der Waals surface area contributed by atoms with Gasteiger partial charge in [0.1, 0.15) is 5.69 Å². The largest absolute Gasteiger partial charge is 0.493 e. The van der Waals surface area contributed by atoms with Crippen molar-refractivity contribution in [3.8, 4) is 22.6 Å². The molecule has 0 radical (unpaired) electrons. The first-order valence-corrected chi connectivity index (χ1v) is 12.2. The number of anilines is 1. The van der Waals surface area contributed by atoms with Crippen LogP contribution in [0.15, 0.2) is 53.7 Å². The summed E-state index contributed by atoms with van der Waals surface area (Å²) < 4.78 is 17.7. The molecule has 2 aliphatic heterocycles. The monoisotopic (exact) mass is 516 g/mol. The van der Waals surface area contributed by atoms with Gasteiger partial charge in [0.05, 0.1) is 31.5 Å². The van der Waals surface area contributed by atoms with Gasteiger partial charge in [-0.3, -0.25) is 14.6 Å². The molecule has 0 spiro atoms. The van der Waals surface area contributed by atoms with Crippen LogP contribution in [0.3, 0.4) is 0 Å². The first-order chi connectivity index (χ1) is 18.4. The molecule has 1 aromatic heterocycles. The predicted molar refractivity (Wildman–Crippen MR) is 142 cm³/mol. The molecule has 1 fully saturated rings. The van der Waals surface area contributed by atoms with Crippen LogP contribution in [0.1, 0.15) is 33.7 Å². The maximum absolute atomic E-state index is 13.0. The van der Waals surface area contributed by atoms with E-state index in [1.165, 1.54) is 14.2 Å². The summed E-state index contributed by atoms with van der Waals surface area (Å²) in [6, 6.07) is 12.3. The van der Waals surface area contributed by atoms with E-state index >= 15 is 0 Å². The number of hydrogen-bond donors (Lipinski definition) is 1. The second-order valence-electron chi connectivity index (χ2n) is 9.14. The van der Waals surface area contributed by atoms with E-state index in [-0.39, 0.29) is 24.5 Å². The molecule has 1 atom stereocenters. The summed E-state index contributed by atoms with van der Waals surface area (Å²) in [7, 11) is 4.60. The number of nitrogens with zero attached hydrogens (tertiary/aromatic N) is 3. The minimum atomic E-state index is -0.410. The molecule has 1 N–H and O–H groups in total. The molecule has 3 aromatic rings. The summed E-state index contributed by atoms with van der Waals surface area (Å²) in [6.07, 6.45) is 5.49. The molecule has 0 bridgehead atoms. The number of carbonyl (C=O) groups excluding carboxylic acids is 3. The van der Waals surface area contributed by atoms with Gasteiger partial charge in [-0.15, -0.1) is 0 Å². The number of nitrogens with one attached hydrogen (secondary N) is 1. The van der Waals surface area contributed by atoms with Gasteiger partial charge in [-0.2, -0.15) is 0 Å². The highest BCUT2D eigenvalue weighted by atomic mass is 16.5. The lowest BCUT2D eigenvalue weighted by atomic mass is 10.1. The van der Waals surface area contributed by atoms with Gasteiger partial charge in [0.15, 0.2) is 18.1 Å². The summed E-state index contributed by atoms with van der Waals surface area (Å²) >= 11 is 0. The number of amides is 2. The highest BCUT2D eigenvalue weighted by Crippen LogP contribution is 2.38. The van der Waals surface area contributed by atoms with E-state index in [0.717, 1.165) is 24.0 Å². The second-order valence-corrected chi connectivity index (χ2v) is 9.14. The number of esters is 1. The molecule has 10 heteroatoms. The van der Waals surface area contributed by atoms with Gasteiger partial charge in [0.2, 0.25) is 0 Å². The van der Waals surface area contributed by atoms with Crippen LogP contribution in [0.5, 0.6) is 11.5 Å². The van der Waals surface area contributed by atoms with E-state index in [0.29, 0.717) is 40.7 Å². The molecule has 2 aromatic carbocycles. The summed E-state index contributed by atoms with van der Waals surface area (Å²) in [5.41, 5.74) is 3.72. The van der Waals surface area contributed by atoms with E-state index in [9.17, 15) is 14.4 Å². The Morgan fingerprint density at radius 3 is 2.61 bits per heavy atom. The zero-order chi connectivity index (χ0) is 26.8. The predicted octanol–water partition coefficient (Wildman–Crippen LogP) is 3.83. The molecular weight excluding hydrogens is 488 g/mol. The van der Waals surface area contributed by atoms with Crippen molar-refractivity contribution in [3.63, 3.8) is 0 Å². The van der Waals surface area contributed by atoms with E-state index in [4.69, 9.17) is 14.2 Å². The fourth-order valence-corrected chi connectivity index (χ4v) is 4.74. The Kier molecular flexibility index (Phi) is 6.87. The molecule has 0 aliphatic carbocycles. The van der Waals surface area contributed by atoms with E-state index in [2.05, 4.69) is 10.3 Å². The van der Waals surface area contributed by atoms with Crippen LogP contribution < -0.4 is 14.8 Å². The molecule has 2 aliphatic rings. The number of carbonyl (C=O) groups is 3. The quantitative estimate of drug-likeness (QED) is 0.478. The first-order valence-electron chi connectivity index (χ1n) is 12.2. The molecule has 3 heterocycles. The Labute approximate surface area is 219 Å². The number of methoxy groups -OCH3 is 2. The smallest absolute Gasteiger partial charge is 0.354 e. The minimum absolute atomic E-state index is 0.000722. The van der Waals surface area contributed by atoms with E-state index < -0.39 is 5.97 Å². The zero-order valence-electron chi connectivity index (χ0n) is 21.4. The third kappa shape index (κ3) is 4.84. The summed E-state index contributed by atoms with van der Waals surface area (Å²) in [6.45, 7) is 0.445. The number of aromatic nitrogens is 1. The van der Waals surface area contributed by atoms with Crippen LogP contribution in [0.2, 0.25) is 0 Å². The molecule has 0 unspecified atom stereocenters. The van der Waals surface area contributed by atoms with Gasteiger partial charge in [-0.1, -0.05) is 12.1 Å². The summed E-state index contributed by atoms with van der Waals surface area (Å²) in [5, 5.41) is 2.80. The van der Waals surface area contributed by atoms with Crippen LogP contribution in [-0.4, -0.2) is 66.9 Å². The lowest BCUT2D eigenvalue weighted by Gasteiger charge is -2.20. The van der Waals surface area contributed by atoms with Gasteiger partial charge in [0, 0.05) is 43.3 Å². The zero-order valence-corrected chi connectivity index (χ0v) is 21.4. The highest BCUT2D eigenvalue weighted by molar-refractivity contribution is 6.03. The van der Waals surface area contributed by atoms with E-state index in [1.807, 2.05) is 23.2 Å². The fourth-order valence-electron chi connectivity index (χ4n) is 4.74. The first kappa shape index (κ1) is 25.1. The molecule has 2 amide bonds. The van der Waals surface area contributed by atoms with Crippen molar-refractivity contribution in [2.45, 2.75) is 18.9 Å². The fraction of sp³-hybridized carbons (Fsp3) is 0.286. The van der Waals surface area contributed by atoms with Crippen molar-refractivity contribution in [1.29, 1.82) is 0 Å². The normalized spacial score (nSPS) is 15.9. The third-order valence-corrected chi connectivity index (χ3v) is 6.72. The van der Waals surface area contributed by atoms with Gasteiger partial charge in [-0.25, -0.2) is 4.79 Å². The van der Waals surface area contributed by atoms with Crippen LogP contribution in [-0.2, 0) is 16.6 Å². The van der Waals surface area contributed by atoms with Crippen molar-refractivity contribution in [1.82, 2.24) is 9.47 Å². The highest BCUT2D eigenvalue weighted by Gasteiger charge is 2.32. The number of benzene rings is 2. The Balaban J connectivity index is 1.24. The number of ether oxygens (including phenoxy) is 3. The Morgan fingerprint density at radius 2 is 1.87 bits per heavy atom. The Bertz CT molecular complexity index is 1430. The van der Waals surface area contributed by atoms with Gasteiger partial charge in [-0.05, 0) is 42.7 Å². The molecule has 38 heavy (non-hydrogen) atoms. The van der Waals surface area contributed by atoms with Crippen LogP contribution in [0, 0.1) is 0 Å². The molecule has 10 nitrogen and oxygen atoms in total. The van der Waals surface area contributed by atoms with Crippen molar-refractivity contribution >= 4 is 35.4 Å². The average molecular weight is 517 g/mol. The summed E-state index contributed by atoms with van der Waals surface area (Å²) in [4.78, 5) is 43.8. The summed E-state index contributed by atoms with van der Waals surface area (Å²) in [5.74, 6) is -0.163. The maximum Gasteiger partial charge on any atom is 0.354 e. The Hall–Kier alpha value is -4.60. The lowest BCUT2D eigenvalue weighted by molar-refractivity contribution is -0.118. The molecule has 5 rings (SSSR count). The minimum Gasteiger partial charge on any atom is -0.493 e. The van der Waals surface area contributed by atoms with Crippen LogP contribution in [0.25, 0.3) is 11.1 Å². The SMILES string of the molecule is COC(=O)c1cc(-c2ccc(NC(=O)COc3cc4c(cc3OC)C(=O)N3CCC[C@H]3C=N4)cc2)cn1C. The second kappa shape index (κ2) is 10.4. The molecule has 1 saturated heterocycles. The number of aliphatic imine (C=N–C) groups is 1. The average Bonchev–Trinajstić information content (AvgIpc) is 3.54. The van der Waals surface area contributed by atoms with Crippen molar-refractivity contribution in [3.05, 3.63) is 59.9 Å². The number of aryl methyl sites for hydroxylation is 1. The van der Waals surface area contributed by atoms with Crippen molar-refractivity contribution < 1.29 is 28.6 Å². The molecular formula is C28H28N4O6. The van der Waals surface area contributed by atoms with Crippen LogP contribution >= 0.6 is 0 Å². The van der Waals surface area contributed by atoms with Gasteiger partial charge < -0.3 is 29.0 Å². The van der Waals surface area contributed by atoms with Crippen molar-refractivity contribution in [2.75, 3.05) is 32.7 Å². The van der Waals surface area contributed by atoms with Gasteiger partial charge in [0.25, 0.3) is 11.8 Å². The number of rotatable bonds is 7. The van der Waals surface area contributed by atoms with E-state index in [1.54, 1.807) is 48.2 Å². The third-order valence-electron chi connectivity index (χ3n) is 6.72. The molecule has 196 valence electrons. The Morgan fingerprint density at radius 1 is 1.08 bits per heavy atom. The lowest BCUT2D eigenvalue weighted by Crippen LogP contribution is -2.35. The maximum atomic E-state index is 13.0. The molecule has 0 saturated carbocycles. The van der Waals surface area contributed by atoms with Crippen molar-refractivity contribution in [2.24, 2.45) is 12.0 Å². The topological polar surface area (TPSA) is 111 Å². The number of hydrogen-bond acceptors (Lipinski definition) is 7. The number of fused-ring (bicyclic) bond motifs is 2.